The van der Waals surface area contributed by atoms with Gasteiger partial charge in [0.2, 0.25) is 11.8 Å². The number of ether oxygens (including phenoxy) is 1. The molecule has 3 heterocycles. The van der Waals surface area contributed by atoms with E-state index in [1.165, 1.54) is 0 Å². The summed E-state index contributed by atoms with van der Waals surface area (Å²) < 4.78 is 76.7. The van der Waals surface area contributed by atoms with Gasteiger partial charge in [0.25, 0.3) is 10.0 Å². The topological polar surface area (TPSA) is 84.4 Å². The fourth-order valence-electron chi connectivity index (χ4n) is 6.89. The lowest BCUT2D eigenvalue weighted by Gasteiger charge is -2.33. The van der Waals surface area contributed by atoms with Crippen LogP contribution >= 0.6 is 0 Å². The number of fused-ring (bicyclic) bond motifs is 6. The number of benzene rings is 2. The van der Waals surface area contributed by atoms with Crippen molar-refractivity contribution in [3.63, 3.8) is 0 Å². The van der Waals surface area contributed by atoms with Gasteiger partial charge < -0.3 is 4.74 Å². The van der Waals surface area contributed by atoms with Crippen LogP contribution in [0.2, 0.25) is 0 Å². The minimum absolute atomic E-state index is 0.0778. The van der Waals surface area contributed by atoms with Crippen LogP contribution in [0.15, 0.2) is 53.4 Å². The normalized spacial score (nSPS) is 23.0. The van der Waals surface area contributed by atoms with Crippen molar-refractivity contribution >= 4 is 16.0 Å². The first-order valence-electron chi connectivity index (χ1n) is 15.4. The number of hydrogen-bond donors (Lipinski definition) is 1. The van der Waals surface area contributed by atoms with Crippen molar-refractivity contribution in [1.29, 1.82) is 0 Å². The van der Waals surface area contributed by atoms with Crippen LogP contribution < -0.4 is 9.46 Å². The Morgan fingerprint density at radius 1 is 1.07 bits per heavy atom. The molecule has 0 radical (unpaired) electrons. The van der Waals surface area contributed by atoms with E-state index in [-0.39, 0.29) is 48.0 Å². The predicted octanol–water partition coefficient (Wildman–Crippen LogP) is 7.09. The van der Waals surface area contributed by atoms with Gasteiger partial charge >= 0.3 is 6.18 Å². The highest BCUT2D eigenvalue weighted by atomic mass is 32.2. The Hall–Kier alpha value is -3.18. The first kappa shape index (κ1) is 30.8. The van der Waals surface area contributed by atoms with Gasteiger partial charge in [-0.15, -0.1) is 0 Å². The summed E-state index contributed by atoms with van der Waals surface area (Å²) in [6, 6.07) is 14.7. The van der Waals surface area contributed by atoms with Crippen molar-refractivity contribution < 1.29 is 26.3 Å². The Balaban J connectivity index is 1.33. The number of halogens is 3. The van der Waals surface area contributed by atoms with Gasteiger partial charge in [-0.3, -0.25) is 4.90 Å². The van der Waals surface area contributed by atoms with Crippen LogP contribution in [-0.2, 0) is 16.4 Å². The minimum Gasteiger partial charge on any atom is -0.473 e. The average molecular weight is 629 g/mol. The zero-order valence-corrected chi connectivity index (χ0v) is 26.0. The molecule has 6 bridgehead atoms. The van der Waals surface area contributed by atoms with Crippen LogP contribution in [0, 0.1) is 25.2 Å². The molecule has 2 unspecified atom stereocenters. The van der Waals surface area contributed by atoms with E-state index in [9.17, 15) is 21.6 Å². The number of hydrogen-bond acceptors (Lipinski definition) is 6. The lowest BCUT2D eigenvalue weighted by atomic mass is 9.88. The molecule has 236 valence electrons. The molecule has 1 saturated carbocycles. The smallest absolute Gasteiger partial charge is 0.394 e. The lowest BCUT2D eigenvalue weighted by Crippen LogP contribution is -2.40. The second-order valence-corrected chi connectivity index (χ2v) is 14.5. The molecule has 3 aromatic rings. The average Bonchev–Trinajstić information content (AvgIpc) is 3.72. The third-order valence-corrected chi connectivity index (χ3v) is 10.7. The molecule has 7 nitrogen and oxygen atoms in total. The standard InChI is InChI=1S/C33H39F3N4O3S/c1-22-7-3-8-23(2)30(22)28-20-29-38-31(37-28)39-44(41,42)27-11-4-9-25(19-27)17-24-10-5-15-40(21-26(18-24)43-29)16-6-12-32(13-14-32)33(34,35)36/h3-4,7-9,11,19-20,24,26H,5-6,10,12-18,21H2,1-2H3,(H,37,38,39). The van der Waals surface area contributed by atoms with Gasteiger partial charge in [0.05, 0.1) is 16.0 Å². The van der Waals surface area contributed by atoms with Crippen molar-refractivity contribution in [1.82, 2.24) is 14.9 Å². The lowest BCUT2D eigenvalue weighted by molar-refractivity contribution is -0.189. The van der Waals surface area contributed by atoms with Gasteiger partial charge in [-0.1, -0.05) is 30.3 Å². The summed E-state index contributed by atoms with van der Waals surface area (Å²) in [5.41, 5.74) is 2.83. The van der Waals surface area contributed by atoms with E-state index in [1.807, 2.05) is 38.1 Å². The maximum absolute atomic E-state index is 13.5. The van der Waals surface area contributed by atoms with E-state index in [2.05, 4.69) is 19.6 Å². The number of nitrogens with one attached hydrogen (secondary N) is 1. The summed E-state index contributed by atoms with van der Waals surface area (Å²) in [6.45, 7) is 5.86. The third kappa shape index (κ3) is 6.73. The molecule has 2 fully saturated rings. The second kappa shape index (κ2) is 12.0. The summed E-state index contributed by atoms with van der Waals surface area (Å²) in [7, 11) is -3.97. The Morgan fingerprint density at radius 3 is 2.55 bits per heavy atom. The number of aryl methyl sites for hydroxylation is 2. The zero-order valence-electron chi connectivity index (χ0n) is 25.2. The Morgan fingerprint density at radius 2 is 1.82 bits per heavy atom. The molecule has 2 atom stereocenters. The summed E-state index contributed by atoms with van der Waals surface area (Å²) >= 11 is 0. The van der Waals surface area contributed by atoms with Crippen LogP contribution in [0.5, 0.6) is 5.88 Å². The molecule has 1 saturated heterocycles. The van der Waals surface area contributed by atoms with E-state index in [4.69, 9.17) is 4.74 Å². The quantitative estimate of drug-likeness (QED) is 0.325. The molecular formula is C33H39F3N4O3S. The number of anilines is 1. The van der Waals surface area contributed by atoms with E-state index in [1.54, 1.807) is 24.3 Å². The minimum atomic E-state index is -4.14. The van der Waals surface area contributed by atoms with Crippen molar-refractivity contribution in [2.24, 2.45) is 11.3 Å². The summed E-state index contributed by atoms with van der Waals surface area (Å²) in [5.74, 6) is 0.429. The van der Waals surface area contributed by atoms with E-state index in [0.29, 0.717) is 38.0 Å². The van der Waals surface area contributed by atoms with Gasteiger partial charge in [0, 0.05) is 18.2 Å². The Bertz CT molecular complexity index is 1600. The molecule has 44 heavy (non-hydrogen) atoms. The molecule has 1 N–H and O–H groups in total. The van der Waals surface area contributed by atoms with Crippen LogP contribution in [0.1, 0.15) is 61.6 Å². The fraction of sp³-hybridized carbons (Fsp3) is 0.515. The second-order valence-electron chi connectivity index (χ2n) is 12.8. The molecular weight excluding hydrogens is 589 g/mol. The molecule has 2 aromatic carbocycles. The maximum Gasteiger partial charge on any atom is 0.394 e. The highest BCUT2D eigenvalue weighted by Gasteiger charge is 2.62. The number of alkyl halides is 3. The summed E-state index contributed by atoms with van der Waals surface area (Å²) in [5, 5.41) is 0. The fourth-order valence-corrected chi connectivity index (χ4v) is 7.90. The molecule has 0 spiro atoms. The molecule has 1 aromatic heterocycles. The van der Waals surface area contributed by atoms with Crippen molar-refractivity contribution in [3.8, 4) is 17.1 Å². The maximum atomic E-state index is 13.5. The van der Waals surface area contributed by atoms with Gasteiger partial charge in [-0.2, -0.15) is 18.2 Å². The predicted molar refractivity (Wildman–Crippen MR) is 163 cm³/mol. The van der Waals surface area contributed by atoms with Crippen molar-refractivity contribution in [3.05, 3.63) is 65.2 Å². The van der Waals surface area contributed by atoms with Gasteiger partial charge in [-0.25, -0.2) is 18.1 Å². The largest absolute Gasteiger partial charge is 0.473 e. The third-order valence-electron chi connectivity index (χ3n) is 9.42. The SMILES string of the molecule is Cc1cccc(C)c1-c1cc2nc(n1)NS(=O)(=O)c1cccc(c1)CC1CCCN(CCCC3(C(F)(F)F)CC3)CC(C1)O2. The number of sulfonamides is 1. The number of rotatable bonds is 5. The Kier molecular flexibility index (Phi) is 8.38. The summed E-state index contributed by atoms with van der Waals surface area (Å²) in [6.07, 6.45) is -0.0863. The molecule has 1 aliphatic carbocycles. The highest BCUT2D eigenvalue weighted by Crippen LogP contribution is 2.60. The Labute approximate surface area is 257 Å². The van der Waals surface area contributed by atoms with Crippen LogP contribution in [0.25, 0.3) is 11.3 Å². The monoisotopic (exact) mass is 628 g/mol. The van der Waals surface area contributed by atoms with E-state index < -0.39 is 21.6 Å². The first-order valence-corrected chi connectivity index (χ1v) is 16.9. The first-order chi connectivity index (χ1) is 20.9. The molecule has 0 amide bonds. The number of likely N-dealkylation sites (tertiary alicyclic amines) is 1. The van der Waals surface area contributed by atoms with Crippen LogP contribution in [0.4, 0.5) is 19.1 Å². The van der Waals surface area contributed by atoms with Crippen molar-refractivity contribution in [2.75, 3.05) is 24.4 Å². The van der Waals surface area contributed by atoms with Crippen LogP contribution in [-0.4, -0.2) is 55.2 Å². The molecule has 11 heteroatoms. The highest BCUT2D eigenvalue weighted by molar-refractivity contribution is 7.92. The molecule has 2 aliphatic heterocycles. The summed E-state index contributed by atoms with van der Waals surface area (Å²) in [4.78, 5) is 11.5. The van der Waals surface area contributed by atoms with Crippen molar-refractivity contribution in [2.45, 2.75) is 82.4 Å². The van der Waals surface area contributed by atoms with Gasteiger partial charge in [0.15, 0.2) is 0 Å². The van der Waals surface area contributed by atoms with Gasteiger partial charge in [0.1, 0.15) is 6.10 Å². The number of aromatic nitrogens is 2. The van der Waals surface area contributed by atoms with Crippen LogP contribution in [0.3, 0.4) is 0 Å². The zero-order chi connectivity index (χ0) is 31.1. The van der Waals surface area contributed by atoms with E-state index in [0.717, 1.165) is 41.6 Å². The molecule has 6 rings (SSSR count). The number of nitrogens with zero attached hydrogens (tertiary/aromatic N) is 3. The van der Waals surface area contributed by atoms with E-state index >= 15 is 0 Å². The molecule has 3 aliphatic rings. The van der Waals surface area contributed by atoms with Gasteiger partial charge in [-0.05, 0) is 113 Å².